The summed E-state index contributed by atoms with van der Waals surface area (Å²) in [5.41, 5.74) is 1.09. The maximum Gasteiger partial charge on any atom is 0.287 e. The molecular formula is C18H18N8O2. The Morgan fingerprint density at radius 3 is 2.71 bits per heavy atom. The summed E-state index contributed by atoms with van der Waals surface area (Å²) in [6, 6.07) is 13.1. The normalized spacial score (nSPS) is 14.8. The van der Waals surface area contributed by atoms with Crippen LogP contribution in [0.4, 0.5) is 23.4 Å². The van der Waals surface area contributed by atoms with E-state index >= 15 is 0 Å². The van der Waals surface area contributed by atoms with E-state index in [4.69, 9.17) is 0 Å². The third-order valence-corrected chi connectivity index (χ3v) is 4.20. The summed E-state index contributed by atoms with van der Waals surface area (Å²) in [7, 11) is 0. The molecule has 1 aliphatic rings. The van der Waals surface area contributed by atoms with Crippen LogP contribution in [-0.4, -0.2) is 37.8 Å². The zero-order valence-corrected chi connectivity index (χ0v) is 14.8. The van der Waals surface area contributed by atoms with Crippen molar-refractivity contribution in [2.24, 2.45) is 0 Å². The first-order valence-corrected chi connectivity index (χ1v) is 8.73. The number of benzene rings is 1. The second-order valence-electron chi connectivity index (χ2n) is 6.07. The van der Waals surface area contributed by atoms with Crippen LogP contribution in [0.2, 0.25) is 0 Å². The predicted octanol–water partition coefficient (Wildman–Crippen LogP) is 2.63. The number of hydrogen-bond acceptors (Lipinski definition) is 8. The molecular weight excluding hydrogens is 360 g/mol. The number of pyridine rings is 1. The fraction of sp³-hybridized carbons (Fsp3) is 0.167. The van der Waals surface area contributed by atoms with E-state index in [9.17, 15) is 10.1 Å². The van der Waals surface area contributed by atoms with Gasteiger partial charge in [0.25, 0.3) is 5.69 Å². The topological polar surface area (TPSA) is 123 Å². The Bertz CT molecular complexity index is 985. The van der Waals surface area contributed by atoms with Gasteiger partial charge in [0.05, 0.1) is 4.92 Å². The fourth-order valence-corrected chi connectivity index (χ4v) is 2.85. The molecule has 142 valence electrons. The molecule has 3 N–H and O–H groups in total. The van der Waals surface area contributed by atoms with E-state index in [0.29, 0.717) is 30.8 Å². The van der Waals surface area contributed by atoms with E-state index in [0.717, 1.165) is 5.56 Å². The molecule has 28 heavy (non-hydrogen) atoms. The van der Waals surface area contributed by atoms with Crippen LogP contribution in [0, 0.1) is 10.1 Å². The fourth-order valence-electron chi connectivity index (χ4n) is 2.85. The van der Waals surface area contributed by atoms with Crippen molar-refractivity contribution in [3.63, 3.8) is 0 Å². The van der Waals surface area contributed by atoms with Gasteiger partial charge in [-0.15, -0.1) is 5.10 Å². The Kier molecular flexibility index (Phi) is 4.83. The van der Waals surface area contributed by atoms with Crippen LogP contribution in [0.1, 0.15) is 11.6 Å². The largest absolute Gasteiger partial charge is 0.368 e. The molecule has 0 radical (unpaired) electrons. The zero-order chi connectivity index (χ0) is 19.3. The number of nitrogens with one attached hydrogen (secondary N) is 3. The second kappa shape index (κ2) is 7.74. The molecule has 1 aliphatic heterocycles. The average molecular weight is 378 g/mol. The number of fused-ring (bicyclic) bond motifs is 1. The standard InChI is InChI=1S/C18H18N8O2/c27-26(28)14-6-7-16(22-12-14)19-10-11-20-17-23-18-21-9-8-15(25(18)24-17)13-4-2-1-3-5-13/h1-9,12,15H,10-11H2,(H,19,22)(H2,20,21,23,24). The predicted molar refractivity (Wildman–Crippen MR) is 105 cm³/mol. The van der Waals surface area contributed by atoms with Gasteiger partial charge in [0, 0.05) is 25.4 Å². The SMILES string of the molecule is O=[N+]([O-])c1ccc(NCCNc2nc3n(n2)C(c2ccccc2)C=CN3)nc1. The first kappa shape index (κ1) is 17.5. The maximum absolute atomic E-state index is 10.6. The summed E-state index contributed by atoms with van der Waals surface area (Å²) >= 11 is 0. The number of aromatic nitrogens is 4. The van der Waals surface area contributed by atoms with E-state index in [1.54, 1.807) is 6.07 Å². The molecule has 0 fully saturated rings. The van der Waals surface area contributed by atoms with Gasteiger partial charge in [0.2, 0.25) is 11.9 Å². The molecule has 1 aromatic carbocycles. The number of nitro groups is 1. The highest BCUT2D eigenvalue weighted by molar-refractivity contribution is 5.44. The van der Waals surface area contributed by atoms with E-state index in [-0.39, 0.29) is 11.7 Å². The third-order valence-electron chi connectivity index (χ3n) is 4.20. The monoisotopic (exact) mass is 378 g/mol. The van der Waals surface area contributed by atoms with Crippen molar-refractivity contribution in [1.82, 2.24) is 19.7 Å². The van der Waals surface area contributed by atoms with Crippen LogP contribution >= 0.6 is 0 Å². The average Bonchev–Trinajstić information content (AvgIpc) is 3.15. The van der Waals surface area contributed by atoms with Gasteiger partial charge in [-0.25, -0.2) is 9.67 Å². The molecule has 1 atom stereocenters. The summed E-state index contributed by atoms with van der Waals surface area (Å²) in [5, 5.41) is 24.5. The molecule has 10 heteroatoms. The molecule has 4 rings (SSSR count). The van der Waals surface area contributed by atoms with Gasteiger partial charge in [0.15, 0.2) is 0 Å². The van der Waals surface area contributed by atoms with Gasteiger partial charge in [-0.3, -0.25) is 10.1 Å². The van der Waals surface area contributed by atoms with Crippen LogP contribution in [0.3, 0.4) is 0 Å². The summed E-state index contributed by atoms with van der Waals surface area (Å²) in [6.45, 7) is 1.12. The minimum atomic E-state index is -0.476. The van der Waals surface area contributed by atoms with E-state index in [2.05, 4.69) is 43.1 Å². The molecule has 10 nitrogen and oxygen atoms in total. The van der Waals surface area contributed by atoms with Gasteiger partial charge >= 0.3 is 0 Å². The van der Waals surface area contributed by atoms with E-state index in [1.807, 2.05) is 35.2 Å². The summed E-state index contributed by atoms with van der Waals surface area (Å²) in [4.78, 5) is 18.6. The molecule has 2 aromatic heterocycles. The van der Waals surface area contributed by atoms with Crippen molar-refractivity contribution in [1.29, 1.82) is 0 Å². The summed E-state index contributed by atoms with van der Waals surface area (Å²) in [6.07, 6.45) is 5.12. The van der Waals surface area contributed by atoms with Crippen molar-refractivity contribution in [2.75, 3.05) is 29.0 Å². The summed E-state index contributed by atoms with van der Waals surface area (Å²) in [5.74, 6) is 1.76. The van der Waals surface area contributed by atoms with Crippen LogP contribution in [0.5, 0.6) is 0 Å². The second-order valence-corrected chi connectivity index (χ2v) is 6.07. The Morgan fingerprint density at radius 2 is 1.96 bits per heavy atom. The highest BCUT2D eigenvalue weighted by Crippen LogP contribution is 2.26. The van der Waals surface area contributed by atoms with Gasteiger partial charge < -0.3 is 16.0 Å². The smallest absolute Gasteiger partial charge is 0.287 e. The number of rotatable bonds is 7. The van der Waals surface area contributed by atoms with Gasteiger partial charge in [-0.2, -0.15) is 4.98 Å². The molecule has 3 heterocycles. The van der Waals surface area contributed by atoms with Crippen molar-refractivity contribution < 1.29 is 4.92 Å². The van der Waals surface area contributed by atoms with E-state index in [1.165, 1.54) is 12.3 Å². The first-order valence-electron chi connectivity index (χ1n) is 8.73. The molecule has 0 spiro atoms. The Balaban J connectivity index is 1.34. The lowest BCUT2D eigenvalue weighted by Gasteiger charge is -2.19. The number of nitrogens with zero attached hydrogens (tertiary/aromatic N) is 5. The van der Waals surface area contributed by atoms with Crippen LogP contribution < -0.4 is 16.0 Å². The molecule has 0 amide bonds. The Morgan fingerprint density at radius 1 is 1.14 bits per heavy atom. The van der Waals surface area contributed by atoms with Crippen molar-refractivity contribution in [3.8, 4) is 0 Å². The van der Waals surface area contributed by atoms with Crippen LogP contribution in [0.15, 0.2) is 60.9 Å². The molecule has 0 saturated carbocycles. The minimum absolute atomic E-state index is 0.0112. The molecule has 0 saturated heterocycles. The van der Waals surface area contributed by atoms with E-state index < -0.39 is 4.92 Å². The molecule has 0 bridgehead atoms. The summed E-state index contributed by atoms with van der Waals surface area (Å²) < 4.78 is 1.84. The highest BCUT2D eigenvalue weighted by atomic mass is 16.6. The molecule has 3 aromatic rings. The number of anilines is 3. The van der Waals surface area contributed by atoms with Crippen molar-refractivity contribution in [2.45, 2.75) is 6.04 Å². The van der Waals surface area contributed by atoms with Crippen molar-refractivity contribution in [3.05, 3.63) is 76.6 Å². The zero-order valence-electron chi connectivity index (χ0n) is 14.8. The van der Waals surface area contributed by atoms with Crippen LogP contribution in [-0.2, 0) is 0 Å². The lowest BCUT2D eigenvalue weighted by Crippen LogP contribution is -2.17. The quantitative estimate of drug-likeness (QED) is 0.326. The maximum atomic E-state index is 10.6. The van der Waals surface area contributed by atoms with Gasteiger partial charge in [0.1, 0.15) is 18.1 Å². The minimum Gasteiger partial charge on any atom is -0.368 e. The highest BCUT2D eigenvalue weighted by Gasteiger charge is 2.20. The molecule has 0 aliphatic carbocycles. The Hall–Kier alpha value is -3.95. The number of allylic oxidation sites excluding steroid dienone is 1. The van der Waals surface area contributed by atoms with Crippen molar-refractivity contribution >= 4 is 23.4 Å². The lowest BCUT2D eigenvalue weighted by atomic mass is 10.1. The third kappa shape index (κ3) is 3.75. The number of hydrogen-bond donors (Lipinski definition) is 3. The van der Waals surface area contributed by atoms with Gasteiger partial charge in [-0.1, -0.05) is 30.3 Å². The molecule has 1 unspecified atom stereocenters. The van der Waals surface area contributed by atoms with Gasteiger partial charge in [-0.05, 0) is 17.7 Å². The van der Waals surface area contributed by atoms with Crippen LogP contribution in [0.25, 0.3) is 0 Å². The lowest BCUT2D eigenvalue weighted by molar-refractivity contribution is -0.385. The first-order chi connectivity index (χ1) is 13.7. The Labute approximate surface area is 160 Å².